The van der Waals surface area contributed by atoms with Gasteiger partial charge in [-0.25, -0.2) is 0 Å². The number of nitrogens with one attached hydrogen (secondary N) is 2. The molecule has 0 aliphatic heterocycles. The summed E-state index contributed by atoms with van der Waals surface area (Å²) in [7, 11) is 1.65. The van der Waals surface area contributed by atoms with Gasteiger partial charge in [-0.1, -0.05) is 60.2 Å². The van der Waals surface area contributed by atoms with E-state index >= 15 is 0 Å². The van der Waals surface area contributed by atoms with Crippen LogP contribution >= 0.6 is 11.8 Å². The molecule has 5 heteroatoms. The summed E-state index contributed by atoms with van der Waals surface area (Å²) in [4.78, 5) is 3.98. The van der Waals surface area contributed by atoms with E-state index in [1.807, 2.05) is 24.0 Å². The van der Waals surface area contributed by atoms with Gasteiger partial charge in [0, 0.05) is 19.3 Å². The number of hydrogen-bond donors (Lipinski definition) is 2. The molecular weight excluding hydrogens is 316 g/mol. The van der Waals surface area contributed by atoms with Crippen LogP contribution in [0.2, 0.25) is 0 Å². The van der Waals surface area contributed by atoms with Gasteiger partial charge in [-0.05, 0) is 18.1 Å². The standard InChI is InChI=1S/C19H22N4S/c1-15-8-10-17(11-9-15)18(16-6-4-3-5-7-16)24-13-12-22-19(21-2)23-14-20/h3-11,18H,12-13H2,1-2H3,(H2,21,22,23). The number of benzene rings is 2. The van der Waals surface area contributed by atoms with Crippen molar-refractivity contribution in [2.75, 3.05) is 19.3 Å². The molecule has 0 fully saturated rings. The molecule has 124 valence electrons. The van der Waals surface area contributed by atoms with Crippen molar-refractivity contribution in [3.05, 3.63) is 71.3 Å². The Morgan fingerprint density at radius 2 is 1.79 bits per heavy atom. The number of nitrogens with zero attached hydrogens (tertiary/aromatic N) is 2. The van der Waals surface area contributed by atoms with E-state index in [4.69, 9.17) is 5.26 Å². The summed E-state index contributed by atoms with van der Waals surface area (Å²) in [5, 5.41) is 14.6. The molecule has 2 aromatic carbocycles. The first-order valence-corrected chi connectivity index (χ1v) is 8.88. The van der Waals surface area contributed by atoms with Gasteiger partial charge >= 0.3 is 0 Å². The van der Waals surface area contributed by atoms with Gasteiger partial charge in [-0.15, -0.1) is 11.8 Å². The van der Waals surface area contributed by atoms with E-state index in [9.17, 15) is 0 Å². The summed E-state index contributed by atoms with van der Waals surface area (Å²) in [6.45, 7) is 2.84. The maximum absolute atomic E-state index is 8.65. The largest absolute Gasteiger partial charge is 0.355 e. The maximum Gasteiger partial charge on any atom is 0.204 e. The Bertz CT molecular complexity index is 690. The van der Waals surface area contributed by atoms with Crippen LogP contribution in [0.1, 0.15) is 21.9 Å². The van der Waals surface area contributed by atoms with Crippen LogP contribution in [0.3, 0.4) is 0 Å². The summed E-state index contributed by atoms with van der Waals surface area (Å²) in [5.41, 5.74) is 3.87. The number of hydrogen-bond acceptors (Lipinski definition) is 3. The molecular formula is C19H22N4S. The van der Waals surface area contributed by atoms with Crippen molar-refractivity contribution >= 4 is 17.7 Å². The highest BCUT2D eigenvalue weighted by Crippen LogP contribution is 2.35. The van der Waals surface area contributed by atoms with E-state index in [0.29, 0.717) is 11.2 Å². The zero-order chi connectivity index (χ0) is 17.2. The highest BCUT2D eigenvalue weighted by Gasteiger charge is 2.14. The van der Waals surface area contributed by atoms with Crippen LogP contribution in [0.25, 0.3) is 0 Å². The molecule has 0 aliphatic rings. The topological polar surface area (TPSA) is 60.2 Å². The molecule has 0 saturated carbocycles. The second kappa shape index (κ2) is 9.64. The number of rotatable bonds is 6. The normalized spacial score (nSPS) is 12.3. The lowest BCUT2D eigenvalue weighted by molar-refractivity contribution is 0.928. The zero-order valence-electron chi connectivity index (χ0n) is 14.0. The van der Waals surface area contributed by atoms with E-state index in [2.05, 4.69) is 71.1 Å². The highest BCUT2D eigenvalue weighted by atomic mass is 32.2. The van der Waals surface area contributed by atoms with Crippen molar-refractivity contribution in [2.24, 2.45) is 4.99 Å². The SMILES string of the molecule is CN=C(NC#N)NCCSC(c1ccccc1)c1ccc(C)cc1. The number of aryl methyl sites for hydroxylation is 1. The van der Waals surface area contributed by atoms with Crippen molar-refractivity contribution in [1.82, 2.24) is 10.6 Å². The van der Waals surface area contributed by atoms with Gasteiger partial charge in [0.1, 0.15) is 0 Å². The fourth-order valence-electron chi connectivity index (χ4n) is 2.33. The predicted octanol–water partition coefficient (Wildman–Crippen LogP) is 3.46. The lowest BCUT2D eigenvalue weighted by atomic mass is 10.0. The van der Waals surface area contributed by atoms with Gasteiger partial charge < -0.3 is 5.32 Å². The first kappa shape index (κ1) is 17.9. The van der Waals surface area contributed by atoms with Crippen molar-refractivity contribution in [3.8, 4) is 6.19 Å². The van der Waals surface area contributed by atoms with Crippen LogP contribution in [0, 0.1) is 18.4 Å². The number of nitriles is 1. The molecule has 0 heterocycles. The Morgan fingerprint density at radius 1 is 1.12 bits per heavy atom. The molecule has 0 radical (unpaired) electrons. The van der Waals surface area contributed by atoms with Crippen LogP contribution in [-0.2, 0) is 0 Å². The quantitative estimate of drug-likeness (QED) is 0.278. The smallest absolute Gasteiger partial charge is 0.204 e. The molecule has 0 aromatic heterocycles. The van der Waals surface area contributed by atoms with Crippen LogP contribution in [0.15, 0.2) is 59.6 Å². The number of guanidine groups is 1. The van der Waals surface area contributed by atoms with E-state index < -0.39 is 0 Å². The molecule has 1 atom stereocenters. The Hall–Kier alpha value is -2.45. The molecule has 2 N–H and O–H groups in total. The fraction of sp³-hybridized carbons (Fsp3) is 0.263. The zero-order valence-corrected chi connectivity index (χ0v) is 14.8. The Kier molecular flexibility index (Phi) is 7.19. The Balaban J connectivity index is 2.02. The number of aliphatic imine (C=N–C) groups is 1. The molecule has 24 heavy (non-hydrogen) atoms. The first-order valence-electron chi connectivity index (χ1n) is 7.83. The Morgan fingerprint density at radius 3 is 2.42 bits per heavy atom. The minimum atomic E-state index is 0.291. The van der Waals surface area contributed by atoms with Gasteiger partial charge in [-0.3, -0.25) is 10.3 Å². The summed E-state index contributed by atoms with van der Waals surface area (Å²) in [6.07, 6.45) is 1.88. The first-order chi connectivity index (χ1) is 11.7. The number of thioether (sulfide) groups is 1. The summed E-state index contributed by atoms with van der Waals surface area (Å²) >= 11 is 1.88. The van der Waals surface area contributed by atoms with Crippen molar-refractivity contribution in [3.63, 3.8) is 0 Å². The lowest BCUT2D eigenvalue weighted by Gasteiger charge is -2.18. The average Bonchev–Trinajstić information content (AvgIpc) is 2.62. The van der Waals surface area contributed by atoms with Crippen molar-refractivity contribution < 1.29 is 0 Å². The van der Waals surface area contributed by atoms with Gasteiger partial charge in [-0.2, -0.15) is 5.26 Å². The van der Waals surface area contributed by atoms with E-state index in [1.54, 1.807) is 7.05 Å². The lowest BCUT2D eigenvalue weighted by Crippen LogP contribution is -2.35. The third kappa shape index (κ3) is 5.32. The molecule has 0 bridgehead atoms. The molecule has 1 unspecified atom stereocenters. The van der Waals surface area contributed by atoms with Gasteiger partial charge in [0.15, 0.2) is 6.19 Å². The minimum Gasteiger partial charge on any atom is -0.355 e. The second-order valence-corrected chi connectivity index (χ2v) is 6.52. The van der Waals surface area contributed by atoms with Crippen LogP contribution < -0.4 is 10.6 Å². The van der Waals surface area contributed by atoms with Gasteiger partial charge in [0.05, 0.1) is 5.25 Å². The predicted molar refractivity (Wildman–Crippen MR) is 102 cm³/mol. The molecule has 2 aromatic rings. The highest BCUT2D eigenvalue weighted by molar-refractivity contribution is 7.99. The molecule has 2 rings (SSSR count). The molecule has 0 saturated heterocycles. The fourth-order valence-corrected chi connectivity index (χ4v) is 3.49. The van der Waals surface area contributed by atoms with E-state index in [1.165, 1.54) is 16.7 Å². The second-order valence-electron chi connectivity index (χ2n) is 5.31. The molecule has 0 aliphatic carbocycles. The van der Waals surface area contributed by atoms with E-state index in [-0.39, 0.29) is 0 Å². The Labute approximate surface area is 148 Å². The van der Waals surface area contributed by atoms with Crippen molar-refractivity contribution in [1.29, 1.82) is 5.26 Å². The van der Waals surface area contributed by atoms with Gasteiger partial charge in [0.2, 0.25) is 5.96 Å². The van der Waals surface area contributed by atoms with Crippen LogP contribution in [0.5, 0.6) is 0 Å². The maximum atomic E-state index is 8.65. The third-order valence-corrected chi connectivity index (χ3v) is 4.88. The van der Waals surface area contributed by atoms with Crippen LogP contribution in [0.4, 0.5) is 0 Å². The van der Waals surface area contributed by atoms with Crippen molar-refractivity contribution in [2.45, 2.75) is 12.2 Å². The van der Waals surface area contributed by atoms with Gasteiger partial charge in [0.25, 0.3) is 0 Å². The minimum absolute atomic E-state index is 0.291. The molecule has 0 amide bonds. The average molecular weight is 338 g/mol. The molecule has 4 nitrogen and oxygen atoms in total. The third-order valence-electron chi connectivity index (χ3n) is 3.56. The summed E-state index contributed by atoms with van der Waals surface area (Å²) < 4.78 is 0. The molecule has 0 spiro atoms. The van der Waals surface area contributed by atoms with Crippen LogP contribution in [-0.4, -0.2) is 25.3 Å². The summed E-state index contributed by atoms with van der Waals surface area (Å²) in [5.74, 6) is 1.41. The summed E-state index contributed by atoms with van der Waals surface area (Å²) in [6, 6.07) is 19.2. The van der Waals surface area contributed by atoms with E-state index in [0.717, 1.165) is 12.3 Å². The monoisotopic (exact) mass is 338 g/mol.